The quantitative estimate of drug-likeness (QED) is 0.906. The van der Waals surface area contributed by atoms with Gasteiger partial charge in [0.15, 0.2) is 0 Å². The Hall–Kier alpha value is -0.910. The van der Waals surface area contributed by atoms with Crippen LogP contribution in [0.15, 0.2) is 17.5 Å². The fraction of sp³-hybridized carbons (Fsp3) is 0.667. The van der Waals surface area contributed by atoms with Crippen molar-refractivity contribution in [3.8, 4) is 0 Å². The second-order valence-electron chi connectivity index (χ2n) is 6.06. The maximum atomic E-state index is 12.6. The lowest BCUT2D eigenvalue weighted by atomic mass is 9.97. The van der Waals surface area contributed by atoms with Gasteiger partial charge in [0.2, 0.25) is 5.91 Å². The molecule has 4 atom stereocenters. The van der Waals surface area contributed by atoms with Crippen LogP contribution < -0.4 is 5.32 Å². The van der Waals surface area contributed by atoms with E-state index in [1.54, 1.807) is 11.3 Å². The molecule has 0 aromatic carbocycles. The van der Waals surface area contributed by atoms with Crippen LogP contribution in [0.3, 0.4) is 0 Å². The van der Waals surface area contributed by atoms with Crippen LogP contribution in [0.25, 0.3) is 0 Å². The highest BCUT2D eigenvalue weighted by molar-refractivity contribution is 7.10. The molecule has 2 fully saturated rings. The Morgan fingerprint density at radius 2 is 2.20 bits per heavy atom. The molecule has 0 saturated carbocycles. The summed E-state index contributed by atoms with van der Waals surface area (Å²) in [5.41, 5.74) is 0. The molecular formula is C15H23N3OS. The van der Waals surface area contributed by atoms with Crippen LogP contribution >= 0.6 is 11.3 Å². The predicted octanol–water partition coefficient (Wildman–Crippen LogP) is 2.05. The Morgan fingerprint density at radius 1 is 1.40 bits per heavy atom. The van der Waals surface area contributed by atoms with E-state index in [1.165, 1.54) is 4.88 Å². The molecule has 0 aliphatic carbocycles. The number of hydrogen-bond acceptors (Lipinski definition) is 4. The van der Waals surface area contributed by atoms with E-state index in [0.717, 1.165) is 19.4 Å². The van der Waals surface area contributed by atoms with Gasteiger partial charge in [-0.15, -0.1) is 11.3 Å². The van der Waals surface area contributed by atoms with Gasteiger partial charge >= 0.3 is 0 Å². The Kier molecular flexibility index (Phi) is 3.84. The minimum Gasteiger partial charge on any atom is -0.318 e. The highest BCUT2D eigenvalue weighted by Gasteiger charge is 2.43. The summed E-state index contributed by atoms with van der Waals surface area (Å²) < 4.78 is 0. The van der Waals surface area contributed by atoms with Crippen molar-refractivity contribution in [1.29, 1.82) is 0 Å². The Bertz CT molecular complexity index is 475. The van der Waals surface area contributed by atoms with Gasteiger partial charge in [-0.25, -0.2) is 0 Å². The first kappa shape index (κ1) is 14.0. The first-order valence-electron chi connectivity index (χ1n) is 7.40. The molecule has 3 rings (SSSR count). The third-order valence-electron chi connectivity index (χ3n) is 4.70. The molecule has 1 aromatic heterocycles. The fourth-order valence-electron chi connectivity index (χ4n) is 3.31. The molecule has 5 heteroatoms. The second-order valence-corrected chi connectivity index (χ2v) is 7.04. The van der Waals surface area contributed by atoms with Crippen molar-refractivity contribution in [3.63, 3.8) is 0 Å². The lowest BCUT2D eigenvalue weighted by Crippen LogP contribution is -2.49. The van der Waals surface area contributed by atoms with E-state index in [2.05, 4.69) is 46.6 Å². The topological polar surface area (TPSA) is 35.6 Å². The lowest BCUT2D eigenvalue weighted by molar-refractivity contribution is -0.133. The van der Waals surface area contributed by atoms with Gasteiger partial charge in [-0.1, -0.05) is 6.07 Å². The molecule has 1 N–H and O–H groups in total. The van der Waals surface area contributed by atoms with Crippen LogP contribution in [0.2, 0.25) is 0 Å². The third-order valence-corrected chi connectivity index (χ3v) is 5.62. The number of likely N-dealkylation sites (tertiary alicyclic amines) is 1. The zero-order valence-corrected chi connectivity index (χ0v) is 13.2. The summed E-state index contributed by atoms with van der Waals surface area (Å²) in [5, 5.41) is 5.54. The van der Waals surface area contributed by atoms with Crippen molar-refractivity contribution < 1.29 is 4.79 Å². The van der Waals surface area contributed by atoms with Gasteiger partial charge in [0.1, 0.15) is 6.17 Å². The summed E-state index contributed by atoms with van der Waals surface area (Å²) in [4.78, 5) is 18.3. The van der Waals surface area contributed by atoms with Gasteiger partial charge in [0, 0.05) is 23.5 Å². The smallest absolute Gasteiger partial charge is 0.241 e. The number of hydrogen-bond donors (Lipinski definition) is 1. The summed E-state index contributed by atoms with van der Waals surface area (Å²) in [6, 6.07) is 5.01. The van der Waals surface area contributed by atoms with E-state index >= 15 is 0 Å². The highest BCUT2D eigenvalue weighted by Crippen LogP contribution is 2.34. The summed E-state index contributed by atoms with van der Waals surface area (Å²) >= 11 is 1.73. The SMILES string of the molecule is CC1NC(c2cccs2)N(C2CCN(C)C(C)C2)C1=O. The molecule has 4 nitrogen and oxygen atoms in total. The van der Waals surface area contributed by atoms with Gasteiger partial charge in [-0.2, -0.15) is 0 Å². The number of carbonyl (C=O) groups is 1. The van der Waals surface area contributed by atoms with Crippen LogP contribution in [0.4, 0.5) is 0 Å². The minimum atomic E-state index is -0.0722. The van der Waals surface area contributed by atoms with E-state index in [9.17, 15) is 4.79 Å². The van der Waals surface area contributed by atoms with Gasteiger partial charge in [-0.05, 0) is 45.2 Å². The van der Waals surface area contributed by atoms with E-state index in [4.69, 9.17) is 0 Å². The first-order chi connectivity index (χ1) is 9.58. The zero-order valence-electron chi connectivity index (χ0n) is 12.4. The molecule has 0 radical (unpaired) electrons. The van der Waals surface area contributed by atoms with Crippen molar-refractivity contribution in [3.05, 3.63) is 22.4 Å². The number of rotatable bonds is 2. The van der Waals surface area contributed by atoms with Crippen molar-refractivity contribution >= 4 is 17.2 Å². The number of carbonyl (C=O) groups excluding carboxylic acids is 1. The number of piperidine rings is 1. The molecule has 2 saturated heterocycles. The van der Waals surface area contributed by atoms with Gasteiger partial charge in [0.25, 0.3) is 0 Å². The average molecular weight is 293 g/mol. The van der Waals surface area contributed by atoms with Crippen molar-refractivity contribution in [2.45, 2.75) is 51.0 Å². The minimum absolute atomic E-state index is 0.0677. The number of amides is 1. The molecule has 4 unspecified atom stereocenters. The third kappa shape index (κ3) is 2.38. The molecule has 0 bridgehead atoms. The molecule has 2 aliphatic heterocycles. The normalized spacial score (nSPS) is 35.8. The highest BCUT2D eigenvalue weighted by atomic mass is 32.1. The van der Waals surface area contributed by atoms with Gasteiger partial charge in [-0.3, -0.25) is 10.1 Å². The molecular weight excluding hydrogens is 270 g/mol. The van der Waals surface area contributed by atoms with Crippen molar-refractivity contribution in [2.75, 3.05) is 13.6 Å². The van der Waals surface area contributed by atoms with Crippen molar-refractivity contribution in [2.24, 2.45) is 0 Å². The molecule has 0 spiro atoms. The summed E-state index contributed by atoms with van der Waals surface area (Å²) in [5.74, 6) is 0.255. The van der Waals surface area contributed by atoms with Crippen LogP contribution in [0.1, 0.15) is 37.7 Å². The first-order valence-corrected chi connectivity index (χ1v) is 8.27. The maximum Gasteiger partial charge on any atom is 0.241 e. The molecule has 3 heterocycles. The van der Waals surface area contributed by atoms with E-state index < -0.39 is 0 Å². The molecule has 20 heavy (non-hydrogen) atoms. The maximum absolute atomic E-state index is 12.6. The number of nitrogens with zero attached hydrogens (tertiary/aromatic N) is 2. The Balaban J connectivity index is 1.83. The average Bonchev–Trinajstić information content (AvgIpc) is 3.03. The number of nitrogens with one attached hydrogen (secondary N) is 1. The van der Waals surface area contributed by atoms with Gasteiger partial charge < -0.3 is 9.80 Å². The van der Waals surface area contributed by atoms with Crippen molar-refractivity contribution in [1.82, 2.24) is 15.1 Å². The van der Waals surface area contributed by atoms with Crippen LogP contribution in [0, 0.1) is 0 Å². The zero-order chi connectivity index (χ0) is 14.3. The van der Waals surface area contributed by atoms with Crippen LogP contribution in [-0.4, -0.2) is 47.4 Å². The Morgan fingerprint density at radius 3 is 2.85 bits per heavy atom. The molecule has 110 valence electrons. The van der Waals surface area contributed by atoms with E-state index in [-0.39, 0.29) is 18.1 Å². The van der Waals surface area contributed by atoms with Crippen LogP contribution in [0.5, 0.6) is 0 Å². The van der Waals surface area contributed by atoms with E-state index in [1.807, 2.05) is 6.92 Å². The van der Waals surface area contributed by atoms with Gasteiger partial charge in [0.05, 0.1) is 6.04 Å². The monoisotopic (exact) mass is 293 g/mol. The second kappa shape index (κ2) is 5.47. The van der Waals surface area contributed by atoms with Crippen LogP contribution in [-0.2, 0) is 4.79 Å². The summed E-state index contributed by atoms with van der Waals surface area (Å²) in [6.07, 6.45) is 2.21. The summed E-state index contributed by atoms with van der Waals surface area (Å²) in [7, 11) is 2.17. The lowest BCUT2D eigenvalue weighted by Gasteiger charge is -2.41. The Labute approximate surface area is 124 Å². The predicted molar refractivity (Wildman–Crippen MR) is 81.6 cm³/mol. The fourth-order valence-corrected chi connectivity index (χ4v) is 4.10. The molecule has 1 aromatic rings. The largest absolute Gasteiger partial charge is 0.318 e. The molecule has 1 amide bonds. The molecule has 2 aliphatic rings. The standard InChI is InChI=1S/C15H23N3OS/c1-10-9-12(6-7-17(10)3)18-14(13-5-4-8-20-13)16-11(2)15(18)19/h4-5,8,10-12,14,16H,6-7,9H2,1-3H3. The summed E-state index contributed by atoms with van der Waals surface area (Å²) in [6.45, 7) is 5.30. The van der Waals surface area contributed by atoms with E-state index in [0.29, 0.717) is 12.1 Å². The number of thiophene rings is 1.